The number of halogens is 1. The molecule has 0 heterocycles. The van der Waals surface area contributed by atoms with E-state index in [4.69, 9.17) is 11.2 Å². The largest absolute Gasteiger partial charge is 0.450 e. The van der Waals surface area contributed by atoms with Crippen molar-refractivity contribution >= 4 is 28.7 Å². The molecule has 0 aliphatic carbocycles. The van der Waals surface area contributed by atoms with E-state index in [0.29, 0.717) is 10.5 Å². The van der Waals surface area contributed by atoms with Crippen LogP contribution in [0.4, 0.5) is 4.79 Å². The lowest BCUT2D eigenvalue weighted by Gasteiger charge is -2.08. The van der Waals surface area contributed by atoms with Crippen LogP contribution in [0.25, 0.3) is 0 Å². The number of ether oxygens (including phenoxy) is 1. The lowest BCUT2D eigenvalue weighted by Crippen LogP contribution is -2.25. The summed E-state index contributed by atoms with van der Waals surface area (Å²) >= 11 is 2.37. The van der Waals surface area contributed by atoms with Crippen LogP contribution in [-0.4, -0.2) is 23.2 Å². The maximum atomic E-state index is 10.9. The molecule has 0 aliphatic heterocycles. The third kappa shape index (κ3) is 8.17. The zero-order valence-corrected chi connectivity index (χ0v) is 10.5. The lowest BCUT2D eigenvalue weighted by atomic mass is 10.2. The van der Waals surface area contributed by atoms with Crippen LogP contribution < -0.4 is 5.32 Å². The number of rotatable bonds is 6. The quantitative estimate of drug-likeness (QED) is 0.465. The van der Waals surface area contributed by atoms with Gasteiger partial charge in [0.05, 0.1) is 13.2 Å². The SMILES string of the molecule is C#CCNC(=O)OCCC(I)CCC. The van der Waals surface area contributed by atoms with Crippen LogP contribution in [0.15, 0.2) is 0 Å². The van der Waals surface area contributed by atoms with Gasteiger partial charge in [0.1, 0.15) is 0 Å². The summed E-state index contributed by atoms with van der Waals surface area (Å²) in [7, 11) is 0. The van der Waals surface area contributed by atoms with Gasteiger partial charge in [0, 0.05) is 3.92 Å². The summed E-state index contributed by atoms with van der Waals surface area (Å²) < 4.78 is 5.49. The standard InChI is InChI=1S/C10H16INO2/c1-3-5-9(11)6-8-14-10(13)12-7-4-2/h2,9H,3,5-8H2,1H3,(H,12,13). The van der Waals surface area contributed by atoms with E-state index in [-0.39, 0.29) is 6.54 Å². The number of hydrogen-bond acceptors (Lipinski definition) is 2. The van der Waals surface area contributed by atoms with Crippen molar-refractivity contribution in [3.63, 3.8) is 0 Å². The van der Waals surface area contributed by atoms with Gasteiger partial charge >= 0.3 is 6.09 Å². The fourth-order valence-electron chi connectivity index (χ4n) is 0.911. The van der Waals surface area contributed by atoms with Crippen molar-refractivity contribution < 1.29 is 9.53 Å². The molecule has 0 aliphatic rings. The van der Waals surface area contributed by atoms with E-state index in [0.717, 1.165) is 19.3 Å². The minimum Gasteiger partial charge on any atom is -0.450 e. The average molecular weight is 309 g/mol. The maximum Gasteiger partial charge on any atom is 0.407 e. The molecule has 1 atom stereocenters. The third-order valence-corrected chi connectivity index (χ3v) is 2.85. The molecule has 0 spiro atoms. The number of hydrogen-bond donors (Lipinski definition) is 1. The number of nitrogens with one attached hydrogen (secondary N) is 1. The van der Waals surface area contributed by atoms with Gasteiger partial charge in [-0.3, -0.25) is 0 Å². The molecule has 0 fully saturated rings. The van der Waals surface area contributed by atoms with Crippen LogP contribution >= 0.6 is 22.6 Å². The predicted octanol–water partition coefficient (Wildman–Crippen LogP) is 2.34. The van der Waals surface area contributed by atoms with Crippen LogP contribution in [0.3, 0.4) is 0 Å². The third-order valence-electron chi connectivity index (χ3n) is 1.60. The highest BCUT2D eigenvalue weighted by Gasteiger charge is 2.04. The molecule has 14 heavy (non-hydrogen) atoms. The summed E-state index contributed by atoms with van der Waals surface area (Å²) in [6.45, 7) is 2.83. The van der Waals surface area contributed by atoms with Crippen molar-refractivity contribution in [1.29, 1.82) is 0 Å². The van der Waals surface area contributed by atoms with E-state index in [2.05, 4.69) is 40.8 Å². The Balaban J connectivity index is 3.35. The molecule has 0 saturated heterocycles. The minimum absolute atomic E-state index is 0.224. The topological polar surface area (TPSA) is 38.3 Å². The molecule has 80 valence electrons. The van der Waals surface area contributed by atoms with Gasteiger partial charge in [-0.2, -0.15) is 0 Å². The number of amides is 1. The Kier molecular flexibility index (Phi) is 8.84. The van der Waals surface area contributed by atoms with Crippen LogP contribution in [0.1, 0.15) is 26.2 Å². The second-order valence-corrected chi connectivity index (χ2v) is 4.63. The van der Waals surface area contributed by atoms with Crippen molar-refractivity contribution in [3.8, 4) is 12.3 Å². The summed E-state index contributed by atoms with van der Waals surface area (Å²) in [4.78, 5) is 10.9. The molecule has 0 aromatic rings. The van der Waals surface area contributed by atoms with Gasteiger partial charge in [0.2, 0.25) is 0 Å². The number of alkyl halides is 1. The maximum absolute atomic E-state index is 10.9. The second-order valence-electron chi connectivity index (χ2n) is 2.87. The highest BCUT2D eigenvalue weighted by molar-refractivity contribution is 14.1. The van der Waals surface area contributed by atoms with E-state index in [1.165, 1.54) is 0 Å². The van der Waals surface area contributed by atoms with E-state index in [9.17, 15) is 4.79 Å². The first-order valence-electron chi connectivity index (χ1n) is 4.68. The first kappa shape index (κ1) is 13.6. The van der Waals surface area contributed by atoms with Gasteiger partial charge in [0.25, 0.3) is 0 Å². The zero-order chi connectivity index (χ0) is 10.8. The first-order chi connectivity index (χ1) is 6.70. The summed E-state index contributed by atoms with van der Waals surface area (Å²) in [6, 6.07) is 0. The summed E-state index contributed by atoms with van der Waals surface area (Å²) in [5.74, 6) is 2.30. The van der Waals surface area contributed by atoms with Crippen molar-refractivity contribution in [3.05, 3.63) is 0 Å². The van der Waals surface area contributed by atoms with Crippen LogP contribution in [-0.2, 0) is 4.74 Å². The monoisotopic (exact) mass is 309 g/mol. The van der Waals surface area contributed by atoms with Gasteiger partial charge in [-0.1, -0.05) is 41.9 Å². The molecule has 0 bridgehead atoms. The first-order valence-corrected chi connectivity index (χ1v) is 5.93. The normalized spacial score (nSPS) is 11.5. The minimum atomic E-state index is -0.428. The van der Waals surface area contributed by atoms with Crippen molar-refractivity contribution in [1.82, 2.24) is 5.32 Å². The summed E-state index contributed by atoms with van der Waals surface area (Å²) in [5.41, 5.74) is 0. The molecule has 1 amide bonds. The molecule has 0 rings (SSSR count). The molecule has 0 aromatic carbocycles. The zero-order valence-electron chi connectivity index (χ0n) is 8.38. The van der Waals surface area contributed by atoms with E-state index in [1.807, 2.05) is 0 Å². The van der Waals surface area contributed by atoms with Gasteiger partial charge in [-0.15, -0.1) is 6.42 Å². The van der Waals surface area contributed by atoms with Crippen LogP contribution in [0.5, 0.6) is 0 Å². The van der Waals surface area contributed by atoms with Crippen molar-refractivity contribution in [2.75, 3.05) is 13.2 Å². The summed E-state index contributed by atoms with van der Waals surface area (Å²) in [6.07, 6.45) is 7.77. The van der Waals surface area contributed by atoms with Gasteiger partial charge in [-0.05, 0) is 12.8 Å². The average Bonchev–Trinajstić information content (AvgIpc) is 2.15. The second kappa shape index (κ2) is 9.13. The van der Waals surface area contributed by atoms with Gasteiger partial charge in [-0.25, -0.2) is 4.79 Å². The van der Waals surface area contributed by atoms with Crippen molar-refractivity contribution in [2.24, 2.45) is 0 Å². The Bertz CT molecular complexity index is 201. The molecular weight excluding hydrogens is 293 g/mol. The molecule has 3 nitrogen and oxygen atoms in total. The Morgan fingerprint density at radius 3 is 2.93 bits per heavy atom. The van der Waals surface area contributed by atoms with Gasteiger partial charge in [0.15, 0.2) is 0 Å². The predicted molar refractivity (Wildman–Crippen MR) is 65.5 cm³/mol. The van der Waals surface area contributed by atoms with Crippen LogP contribution in [0.2, 0.25) is 0 Å². The van der Waals surface area contributed by atoms with E-state index >= 15 is 0 Å². The van der Waals surface area contributed by atoms with Crippen molar-refractivity contribution in [2.45, 2.75) is 30.1 Å². The molecule has 0 aromatic heterocycles. The number of alkyl carbamates (subject to hydrolysis) is 1. The summed E-state index contributed by atoms with van der Waals surface area (Å²) in [5, 5.41) is 2.44. The highest BCUT2D eigenvalue weighted by Crippen LogP contribution is 2.12. The van der Waals surface area contributed by atoms with Gasteiger partial charge < -0.3 is 10.1 Å². The molecule has 1 N–H and O–H groups in total. The molecular formula is C10H16INO2. The molecule has 1 unspecified atom stereocenters. The Morgan fingerprint density at radius 1 is 1.64 bits per heavy atom. The fourth-order valence-corrected chi connectivity index (χ4v) is 1.79. The molecule has 0 saturated carbocycles. The van der Waals surface area contributed by atoms with E-state index < -0.39 is 6.09 Å². The Labute approximate surface area is 99.1 Å². The fraction of sp³-hybridized carbons (Fsp3) is 0.700. The van der Waals surface area contributed by atoms with E-state index in [1.54, 1.807) is 0 Å². The number of carbonyl (C=O) groups is 1. The van der Waals surface area contributed by atoms with Crippen LogP contribution in [0, 0.1) is 12.3 Å². The highest BCUT2D eigenvalue weighted by atomic mass is 127. The number of terminal acetylenes is 1. The smallest absolute Gasteiger partial charge is 0.407 e. The molecule has 4 heteroatoms. The Morgan fingerprint density at radius 2 is 2.36 bits per heavy atom. The molecule has 0 radical (unpaired) electrons. The Hall–Kier alpha value is -0.440. The number of carbonyl (C=O) groups excluding carboxylic acids is 1. The lowest BCUT2D eigenvalue weighted by molar-refractivity contribution is 0.146.